The molecule has 0 radical (unpaired) electrons. The summed E-state index contributed by atoms with van der Waals surface area (Å²) in [5.41, 5.74) is 0.00671. The molecule has 0 amide bonds. The summed E-state index contributed by atoms with van der Waals surface area (Å²) >= 11 is 0. The molecule has 1 fully saturated rings. The van der Waals surface area contributed by atoms with E-state index in [0.29, 0.717) is 11.8 Å². The molecule has 1 rings (SSSR count). The van der Waals surface area contributed by atoms with Crippen molar-refractivity contribution in [1.29, 1.82) is 0 Å². The van der Waals surface area contributed by atoms with E-state index in [4.69, 9.17) is 0 Å². The maximum atomic E-state index is 9.63. The Hall–Kier alpha value is -0.0800. The fraction of sp³-hybridized carbons (Fsp3) is 1.00. The van der Waals surface area contributed by atoms with Crippen molar-refractivity contribution in [3.63, 3.8) is 0 Å². The SMILES string of the molecule is CC(C)C1CCC(C)(C)CC1(CO)CO. The third-order valence-corrected chi connectivity index (χ3v) is 4.18. The Morgan fingerprint density at radius 1 is 1.20 bits per heavy atom. The molecular formula is C13H26O2. The molecule has 2 heteroatoms. The summed E-state index contributed by atoms with van der Waals surface area (Å²) in [4.78, 5) is 0. The van der Waals surface area contributed by atoms with Crippen molar-refractivity contribution in [3.8, 4) is 0 Å². The monoisotopic (exact) mass is 214 g/mol. The highest BCUT2D eigenvalue weighted by Crippen LogP contribution is 2.51. The van der Waals surface area contributed by atoms with E-state index in [2.05, 4.69) is 27.7 Å². The van der Waals surface area contributed by atoms with Crippen molar-refractivity contribution in [2.45, 2.75) is 47.0 Å². The minimum Gasteiger partial charge on any atom is -0.396 e. The molecule has 1 aliphatic rings. The van der Waals surface area contributed by atoms with E-state index in [1.54, 1.807) is 0 Å². The summed E-state index contributed by atoms with van der Waals surface area (Å²) < 4.78 is 0. The Morgan fingerprint density at radius 2 is 1.73 bits per heavy atom. The quantitative estimate of drug-likeness (QED) is 0.757. The van der Waals surface area contributed by atoms with Crippen LogP contribution in [0.2, 0.25) is 0 Å². The van der Waals surface area contributed by atoms with Crippen LogP contribution in [-0.4, -0.2) is 23.4 Å². The summed E-state index contributed by atoms with van der Waals surface area (Å²) in [6.45, 7) is 9.12. The second kappa shape index (κ2) is 4.42. The first-order valence-corrected chi connectivity index (χ1v) is 6.09. The van der Waals surface area contributed by atoms with Crippen molar-refractivity contribution < 1.29 is 10.2 Å². The Bertz CT molecular complexity index is 205. The lowest BCUT2D eigenvalue weighted by molar-refractivity contribution is -0.0787. The molecule has 90 valence electrons. The molecule has 1 unspecified atom stereocenters. The van der Waals surface area contributed by atoms with E-state index in [1.807, 2.05) is 0 Å². The molecule has 0 aromatic carbocycles. The van der Waals surface area contributed by atoms with Gasteiger partial charge in [-0.3, -0.25) is 0 Å². The minimum atomic E-state index is -0.254. The third kappa shape index (κ3) is 2.54. The van der Waals surface area contributed by atoms with E-state index in [1.165, 1.54) is 6.42 Å². The largest absolute Gasteiger partial charge is 0.396 e. The van der Waals surface area contributed by atoms with Crippen LogP contribution in [0.3, 0.4) is 0 Å². The van der Waals surface area contributed by atoms with Gasteiger partial charge in [0, 0.05) is 5.41 Å². The molecule has 1 saturated carbocycles. The average molecular weight is 214 g/mol. The van der Waals surface area contributed by atoms with Crippen molar-refractivity contribution >= 4 is 0 Å². The van der Waals surface area contributed by atoms with Crippen LogP contribution in [0.5, 0.6) is 0 Å². The van der Waals surface area contributed by atoms with E-state index >= 15 is 0 Å². The molecule has 0 spiro atoms. The van der Waals surface area contributed by atoms with Crippen LogP contribution in [-0.2, 0) is 0 Å². The van der Waals surface area contributed by atoms with E-state index < -0.39 is 0 Å². The first-order valence-electron chi connectivity index (χ1n) is 6.09. The standard InChI is InChI=1S/C13H26O2/c1-10(2)11-5-6-12(3,4)7-13(11,8-14)9-15/h10-11,14-15H,5-9H2,1-4H3. The minimum absolute atomic E-state index is 0.121. The van der Waals surface area contributed by atoms with Gasteiger partial charge in [0.15, 0.2) is 0 Å². The number of hydrogen-bond acceptors (Lipinski definition) is 2. The molecule has 0 aliphatic heterocycles. The van der Waals surface area contributed by atoms with E-state index in [9.17, 15) is 10.2 Å². The predicted octanol–water partition coefficient (Wildman–Crippen LogP) is 2.44. The fourth-order valence-corrected chi connectivity index (χ4v) is 3.46. The van der Waals surface area contributed by atoms with Gasteiger partial charge < -0.3 is 10.2 Å². The highest BCUT2D eigenvalue weighted by atomic mass is 16.3. The average Bonchev–Trinajstić information content (AvgIpc) is 2.15. The summed E-state index contributed by atoms with van der Waals surface area (Å²) in [6, 6.07) is 0. The Labute approximate surface area is 93.7 Å². The van der Waals surface area contributed by atoms with Crippen LogP contribution < -0.4 is 0 Å². The number of aliphatic hydroxyl groups excluding tert-OH is 2. The number of hydrogen-bond donors (Lipinski definition) is 2. The van der Waals surface area contributed by atoms with Crippen molar-refractivity contribution in [1.82, 2.24) is 0 Å². The first-order chi connectivity index (χ1) is 6.87. The summed E-state index contributed by atoms with van der Waals surface area (Å²) in [5, 5.41) is 19.3. The summed E-state index contributed by atoms with van der Waals surface area (Å²) in [6.07, 6.45) is 3.28. The van der Waals surface area contributed by atoms with Crippen molar-refractivity contribution in [2.75, 3.05) is 13.2 Å². The highest BCUT2D eigenvalue weighted by molar-refractivity contribution is 4.96. The Balaban J connectivity index is 2.91. The molecule has 15 heavy (non-hydrogen) atoms. The molecule has 2 N–H and O–H groups in total. The summed E-state index contributed by atoms with van der Waals surface area (Å²) in [5.74, 6) is 1.00. The molecular weight excluding hydrogens is 188 g/mol. The maximum absolute atomic E-state index is 9.63. The molecule has 0 heterocycles. The first kappa shape index (κ1) is 13.0. The lowest BCUT2D eigenvalue weighted by Crippen LogP contribution is -2.47. The second-order valence-electron chi connectivity index (χ2n) is 6.41. The van der Waals surface area contributed by atoms with Crippen molar-refractivity contribution in [2.24, 2.45) is 22.7 Å². The smallest absolute Gasteiger partial charge is 0.0512 e. The van der Waals surface area contributed by atoms with Gasteiger partial charge in [0.05, 0.1) is 13.2 Å². The highest BCUT2D eigenvalue weighted by Gasteiger charge is 2.46. The van der Waals surface area contributed by atoms with Gasteiger partial charge >= 0.3 is 0 Å². The van der Waals surface area contributed by atoms with Crippen LogP contribution in [0, 0.1) is 22.7 Å². The molecule has 0 aromatic rings. The van der Waals surface area contributed by atoms with Crippen LogP contribution in [0.15, 0.2) is 0 Å². The third-order valence-electron chi connectivity index (χ3n) is 4.18. The van der Waals surface area contributed by atoms with Gasteiger partial charge in [-0.25, -0.2) is 0 Å². The van der Waals surface area contributed by atoms with Crippen LogP contribution in [0.25, 0.3) is 0 Å². The zero-order valence-electron chi connectivity index (χ0n) is 10.6. The zero-order valence-corrected chi connectivity index (χ0v) is 10.6. The molecule has 0 aromatic heterocycles. The molecule has 0 bridgehead atoms. The van der Waals surface area contributed by atoms with Crippen LogP contribution in [0.1, 0.15) is 47.0 Å². The molecule has 0 saturated heterocycles. The van der Waals surface area contributed by atoms with Gasteiger partial charge in [0.25, 0.3) is 0 Å². The number of rotatable bonds is 3. The van der Waals surface area contributed by atoms with Gasteiger partial charge in [-0.05, 0) is 36.5 Å². The molecule has 1 atom stereocenters. The van der Waals surface area contributed by atoms with E-state index in [0.717, 1.165) is 12.8 Å². The predicted molar refractivity (Wildman–Crippen MR) is 62.6 cm³/mol. The zero-order chi connectivity index (χ0) is 11.7. The van der Waals surface area contributed by atoms with E-state index in [-0.39, 0.29) is 24.0 Å². The maximum Gasteiger partial charge on any atom is 0.0512 e. The lowest BCUT2D eigenvalue weighted by atomic mass is 9.56. The van der Waals surface area contributed by atoms with Crippen LogP contribution >= 0.6 is 0 Å². The van der Waals surface area contributed by atoms with Crippen LogP contribution in [0.4, 0.5) is 0 Å². The van der Waals surface area contributed by atoms with Gasteiger partial charge in [-0.2, -0.15) is 0 Å². The second-order valence-corrected chi connectivity index (χ2v) is 6.41. The van der Waals surface area contributed by atoms with Gasteiger partial charge in [-0.1, -0.05) is 27.7 Å². The van der Waals surface area contributed by atoms with Gasteiger partial charge in [0.2, 0.25) is 0 Å². The molecule has 1 aliphatic carbocycles. The van der Waals surface area contributed by atoms with Gasteiger partial charge in [-0.15, -0.1) is 0 Å². The Kier molecular flexibility index (Phi) is 3.83. The normalized spacial score (nSPS) is 29.4. The Morgan fingerprint density at radius 3 is 2.13 bits per heavy atom. The summed E-state index contributed by atoms with van der Waals surface area (Å²) in [7, 11) is 0. The number of aliphatic hydroxyl groups is 2. The molecule has 2 nitrogen and oxygen atoms in total. The van der Waals surface area contributed by atoms with Gasteiger partial charge in [0.1, 0.15) is 0 Å². The van der Waals surface area contributed by atoms with Crippen molar-refractivity contribution in [3.05, 3.63) is 0 Å². The fourth-order valence-electron chi connectivity index (χ4n) is 3.46. The topological polar surface area (TPSA) is 40.5 Å². The lowest BCUT2D eigenvalue weighted by Gasteiger charge is -2.50.